The molecule has 1 heterocycles. The molecule has 4 nitrogen and oxygen atoms in total. The third-order valence-electron chi connectivity index (χ3n) is 3.28. The maximum Gasteiger partial charge on any atom is 0.253 e. The average Bonchev–Trinajstić information content (AvgIpc) is 2.54. The number of nitrogens with one attached hydrogen (secondary N) is 2. The average molecular weight is 283 g/mol. The Bertz CT molecular complexity index is 584. The van der Waals surface area contributed by atoms with Gasteiger partial charge < -0.3 is 10.6 Å². The second kappa shape index (κ2) is 7.43. The number of aromatic nitrogens is 1. The van der Waals surface area contributed by atoms with Gasteiger partial charge in [-0.15, -0.1) is 0 Å². The fraction of sp³-hybridized carbons (Fsp3) is 0.294. The number of pyridine rings is 1. The summed E-state index contributed by atoms with van der Waals surface area (Å²) in [6.07, 6.45) is 4.33. The number of carbonyl (C=O) groups is 1. The van der Waals surface area contributed by atoms with Gasteiger partial charge in [-0.3, -0.25) is 9.78 Å². The lowest BCUT2D eigenvalue weighted by Gasteiger charge is -2.16. The smallest absolute Gasteiger partial charge is 0.253 e. The highest BCUT2D eigenvalue weighted by molar-refractivity contribution is 5.99. The van der Waals surface area contributed by atoms with Crippen molar-refractivity contribution in [3.8, 4) is 0 Å². The maximum atomic E-state index is 12.4. The van der Waals surface area contributed by atoms with Crippen LogP contribution in [0.3, 0.4) is 0 Å². The highest BCUT2D eigenvalue weighted by Gasteiger charge is 2.14. The molecular formula is C17H21N3O. The van der Waals surface area contributed by atoms with E-state index in [1.807, 2.05) is 37.3 Å². The molecular weight excluding hydrogens is 262 g/mol. The van der Waals surface area contributed by atoms with E-state index in [0.29, 0.717) is 5.56 Å². The molecule has 0 fully saturated rings. The first kappa shape index (κ1) is 15.0. The van der Waals surface area contributed by atoms with Gasteiger partial charge in [-0.1, -0.05) is 37.3 Å². The van der Waals surface area contributed by atoms with Crippen molar-refractivity contribution in [1.29, 1.82) is 0 Å². The number of nitrogens with zero attached hydrogens (tertiary/aromatic N) is 1. The van der Waals surface area contributed by atoms with Crippen LogP contribution in [0.4, 0.5) is 5.69 Å². The van der Waals surface area contributed by atoms with Crippen molar-refractivity contribution in [2.45, 2.75) is 26.3 Å². The molecule has 0 aliphatic heterocycles. The topological polar surface area (TPSA) is 54.0 Å². The van der Waals surface area contributed by atoms with Crippen LogP contribution < -0.4 is 10.6 Å². The van der Waals surface area contributed by atoms with Crippen LogP contribution in [0.1, 0.15) is 42.2 Å². The maximum absolute atomic E-state index is 12.4. The molecule has 1 amide bonds. The van der Waals surface area contributed by atoms with Crippen molar-refractivity contribution in [2.24, 2.45) is 0 Å². The third-order valence-corrected chi connectivity index (χ3v) is 3.28. The predicted octanol–water partition coefficient (Wildman–Crippen LogP) is 3.39. The van der Waals surface area contributed by atoms with Crippen molar-refractivity contribution >= 4 is 11.6 Å². The summed E-state index contributed by atoms with van der Waals surface area (Å²) in [5.41, 5.74) is 2.49. The summed E-state index contributed by atoms with van der Waals surface area (Å²) in [6, 6.07) is 11.6. The second-order valence-electron chi connectivity index (χ2n) is 4.95. The van der Waals surface area contributed by atoms with Crippen molar-refractivity contribution in [1.82, 2.24) is 10.3 Å². The van der Waals surface area contributed by atoms with Gasteiger partial charge in [0.2, 0.25) is 0 Å². The summed E-state index contributed by atoms with van der Waals surface area (Å²) in [4.78, 5) is 16.5. The molecule has 2 N–H and O–H groups in total. The van der Waals surface area contributed by atoms with Gasteiger partial charge in [-0.05, 0) is 25.0 Å². The number of benzene rings is 1. The van der Waals surface area contributed by atoms with E-state index in [2.05, 4.69) is 22.5 Å². The molecule has 2 aromatic rings. The SMILES string of the molecule is CCCNc1cnccc1C(=O)NC(C)c1ccccc1. The van der Waals surface area contributed by atoms with Gasteiger partial charge in [-0.25, -0.2) is 0 Å². The molecule has 1 aromatic carbocycles. The van der Waals surface area contributed by atoms with Crippen molar-refractivity contribution in [3.63, 3.8) is 0 Å². The van der Waals surface area contributed by atoms with E-state index >= 15 is 0 Å². The van der Waals surface area contributed by atoms with Gasteiger partial charge in [0.25, 0.3) is 5.91 Å². The zero-order chi connectivity index (χ0) is 15.1. The Balaban J connectivity index is 2.10. The molecule has 1 aromatic heterocycles. The Hall–Kier alpha value is -2.36. The third kappa shape index (κ3) is 4.05. The number of amides is 1. The van der Waals surface area contributed by atoms with Crippen LogP contribution in [0, 0.1) is 0 Å². The van der Waals surface area contributed by atoms with Crippen LogP contribution in [0.5, 0.6) is 0 Å². The second-order valence-corrected chi connectivity index (χ2v) is 4.95. The number of anilines is 1. The lowest BCUT2D eigenvalue weighted by atomic mass is 10.1. The molecule has 1 unspecified atom stereocenters. The number of rotatable bonds is 6. The van der Waals surface area contributed by atoms with Gasteiger partial charge in [0.05, 0.1) is 23.5 Å². The minimum Gasteiger partial charge on any atom is -0.383 e. The van der Waals surface area contributed by atoms with Gasteiger partial charge in [0.15, 0.2) is 0 Å². The van der Waals surface area contributed by atoms with Crippen LogP contribution in [-0.2, 0) is 0 Å². The normalized spacial score (nSPS) is 11.7. The first-order valence-electron chi connectivity index (χ1n) is 7.26. The van der Waals surface area contributed by atoms with Crippen molar-refractivity contribution in [3.05, 3.63) is 59.9 Å². The molecule has 2 rings (SSSR count). The molecule has 0 saturated heterocycles. The molecule has 0 aliphatic rings. The van der Waals surface area contributed by atoms with Gasteiger partial charge >= 0.3 is 0 Å². The van der Waals surface area contributed by atoms with E-state index in [1.165, 1.54) is 0 Å². The van der Waals surface area contributed by atoms with E-state index in [9.17, 15) is 4.79 Å². The van der Waals surface area contributed by atoms with Crippen LogP contribution in [0.25, 0.3) is 0 Å². The van der Waals surface area contributed by atoms with Crippen LogP contribution in [-0.4, -0.2) is 17.4 Å². The van der Waals surface area contributed by atoms with Crippen LogP contribution in [0.15, 0.2) is 48.8 Å². The first-order valence-corrected chi connectivity index (χ1v) is 7.26. The van der Waals surface area contributed by atoms with Crippen LogP contribution in [0.2, 0.25) is 0 Å². The summed E-state index contributed by atoms with van der Waals surface area (Å²) < 4.78 is 0. The molecule has 1 atom stereocenters. The van der Waals surface area contributed by atoms with Gasteiger partial charge in [-0.2, -0.15) is 0 Å². The fourth-order valence-electron chi connectivity index (χ4n) is 2.09. The molecule has 21 heavy (non-hydrogen) atoms. The van der Waals surface area contributed by atoms with Crippen molar-refractivity contribution in [2.75, 3.05) is 11.9 Å². The van der Waals surface area contributed by atoms with Gasteiger partial charge in [0.1, 0.15) is 0 Å². The van der Waals surface area contributed by atoms with E-state index in [0.717, 1.165) is 24.2 Å². The minimum absolute atomic E-state index is 0.0362. The Morgan fingerprint density at radius 1 is 1.24 bits per heavy atom. The molecule has 110 valence electrons. The number of hydrogen-bond donors (Lipinski definition) is 2. The quantitative estimate of drug-likeness (QED) is 0.854. The summed E-state index contributed by atoms with van der Waals surface area (Å²) in [6.45, 7) is 4.88. The van der Waals surface area contributed by atoms with E-state index in [1.54, 1.807) is 18.5 Å². The summed E-state index contributed by atoms with van der Waals surface area (Å²) in [7, 11) is 0. The van der Waals surface area contributed by atoms with Crippen LogP contribution >= 0.6 is 0 Å². The Labute approximate surface area is 125 Å². The predicted molar refractivity (Wildman–Crippen MR) is 85.3 cm³/mol. The van der Waals surface area contributed by atoms with Crippen molar-refractivity contribution < 1.29 is 4.79 Å². The summed E-state index contributed by atoms with van der Waals surface area (Å²) >= 11 is 0. The molecule has 4 heteroatoms. The molecule has 0 bridgehead atoms. The molecule has 0 aliphatic carbocycles. The van der Waals surface area contributed by atoms with E-state index < -0.39 is 0 Å². The molecule has 0 spiro atoms. The molecule has 0 radical (unpaired) electrons. The standard InChI is InChI=1S/C17H21N3O/c1-3-10-19-16-12-18-11-9-15(16)17(21)20-13(2)14-7-5-4-6-8-14/h4-9,11-13,19H,3,10H2,1-2H3,(H,20,21). The largest absolute Gasteiger partial charge is 0.383 e. The highest BCUT2D eigenvalue weighted by Crippen LogP contribution is 2.16. The lowest BCUT2D eigenvalue weighted by Crippen LogP contribution is -2.27. The lowest BCUT2D eigenvalue weighted by molar-refractivity contribution is 0.0940. The molecule has 0 saturated carbocycles. The Morgan fingerprint density at radius 2 is 2.00 bits per heavy atom. The Kier molecular flexibility index (Phi) is 5.32. The van der Waals surface area contributed by atoms with E-state index in [4.69, 9.17) is 0 Å². The van der Waals surface area contributed by atoms with E-state index in [-0.39, 0.29) is 11.9 Å². The Morgan fingerprint density at radius 3 is 2.71 bits per heavy atom. The fourth-order valence-corrected chi connectivity index (χ4v) is 2.09. The van der Waals surface area contributed by atoms with Gasteiger partial charge in [0, 0.05) is 12.7 Å². The monoisotopic (exact) mass is 283 g/mol. The summed E-state index contributed by atoms with van der Waals surface area (Å²) in [5.74, 6) is -0.0904. The number of carbonyl (C=O) groups excluding carboxylic acids is 1. The highest BCUT2D eigenvalue weighted by atomic mass is 16.1. The minimum atomic E-state index is -0.0904. The zero-order valence-corrected chi connectivity index (χ0v) is 12.5. The summed E-state index contributed by atoms with van der Waals surface area (Å²) in [5, 5.41) is 6.26. The zero-order valence-electron chi connectivity index (χ0n) is 12.5. The number of hydrogen-bond acceptors (Lipinski definition) is 3. The first-order chi connectivity index (χ1) is 10.2.